The highest BCUT2D eigenvalue weighted by Gasteiger charge is 2.41. The van der Waals surface area contributed by atoms with Gasteiger partial charge in [0.2, 0.25) is 11.2 Å². The molecule has 3 aromatic rings. The fourth-order valence-corrected chi connectivity index (χ4v) is 7.36. The number of amides is 1. The zero-order valence-corrected chi connectivity index (χ0v) is 23.8. The molecule has 3 aliphatic rings. The summed E-state index contributed by atoms with van der Waals surface area (Å²) in [7, 11) is 0. The number of aromatic nitrogens is 5. The van der Waals surface area contributed by atoms with Gasteiger partial charge in [0.1, 0.15) is 11.1 Å². The smallest absolute Gasteiger partial charge is 0.309 e. The predicted octanol–water partition coefficient (Wildman–Crippen LogP) is 4.20. The van der Waals surface area contributed by atoms with Crippen LogP contribution in [-0.2, 0) is 20.7 Å². The third-order valence-electron chi connectivity index (χ3n) is 7.86. The average Bonchev–Trinajstić information content (AvgIpc) is 3.47. The number of halogens is 1. The standard InChI is InChI=1S/C26H33ClN8O3S/c1-26(2,3)38-23(37)13-8-14-10-17-19(16(9-13)30-14)39-25(31-17)34-22(36)12-4-6-15(7-5-12)35-11-29-18-20(28)32-24(27)33-21(18)35/h11-16,30H,4-10H2,1-3H3,(H2,28,32,33)(H,31,34,36)/t12?,13?,14-,15?,16+/m0/s1. The molecule has 11 nitrogen and oxygen atoms in total. The minimum absolute atomic E-state index is 0.00668. The molecule has 2 bridgehead atoms. The second-order valence-corrected chi connectivity index (χ2v) is 13.2. The number of nitrogens with zero attached hydrogens (tertiary/aromatic N) is 5. The van der Waals surface area contributed by atoms with Crippen molar-refractivity contribution in [3.05, 3.63) is 22.2 Å². The summed E-state index contributed by atoms with van der Waals surface area (Å²) >= 11 is 7.54. The van der Waals surface area contributed by atoms with E-state index in [0.717, 1.165) is 49.1 Å². The van der Waals surface area contributed by atoms with Gasteiger partial charge in [-0.1, -0.05) is 11.3 Å². The van der Waals surface area contributed by atoms with Gasteiger partial charge in [-0.05, 0) is 70.9 Å². The van der Waals surface area contributed by atoms with Crippen molar-refractivity contribution in [3.63, 3.8) is 0 Å². The Balaban J connectivity index is 1.08. The van der Waals surface area contributed by atoms with Crippen molar-refractivity contribution in [1.29, 1.82) is 0 Å². The zero-order valence-electron chi connectivity index (χ0n) is 22.2. The molecule has 1 aliphatic carbocycles. The van der Waals surface area contributed by atoms with Gasteiger partial charge in [0, 0.05) is 35.3 Å². The van der Waals surface area contributed by atoms with Gasteiger partial charge in [0.15, 0.2) is 16.6 Å². The van der Waals surface area contributed by atoms with Crippen LogP contribution < -0.4 is 16.4 Å². The minimum atomic E-state index is -0.494. The number of fused-ring (bicyclic) bond motifs is 5. The number of nitrogens with two attached hydrogens (primary N) is 1. The summed E-state index contributed by atoms with van der Waals surface area (Å²) in [6, 6.07) is 0.407. The number of piperidine rings is 1. The first-order chi connectivity index (χ1) is 18.5. The monoisotopic (exact) mass is 572 g/mol. The highest BCUT2D eigenvalue weighted by atomic mass is 35.5. The molecule has 0 radical (unpaired) electrons. The van der Waals surface area contributed by atoms with Crippen molar-refractivity contribution in [3.8, 4) is 0 Å². The number of carbonyl (C=O) groups excluding carboxylic acids is 2. The maximum atomic E-state index is 13.2. The Hall–Kier alpha value is -2.83. The fourth-order valence-electron chi connectivity index (χ4n) is 6.12. The van der Waals surface area contributed by atoms with Gasteiger partial charge in [-0.15, -0.1) is 0 Å². The highest BCUT2D eigenvalue weighted by molar-refractivity contribution is 7.16. The summed E-state index contributed by atoms with van der Waals surface area (Å²) in [5.41, 5.74) is 7.65. The number of nitrogen functional groups attached to an aromatic ring is 1. The molecule has 4 N–H and O–H groups in total. The van der Waals surface area contributed by atoms with E-state index < -0.39 is 5.60 Å². The van der Waals surface area contributed by atoms with Crippen molar-refractivity contribution in [1.82, 2.24) is 29.8 Å². The Morgan fingerprint density at radius 3 is 2.67 bits per heavy atom. The molecular formula is C26H33ClN8O3S. The number of carbonyl (C=O) groups is 2. The fraction of sp³-hybridized carbons (Fsp3) is 0.615. The van der Waals surface area contributed by atoms with Crippen LogP contribution in [0.25, 0.3) is 11.2 Å². The predicted molar refractivity (Wildman–Crippen MR) is 148 cm³/mol. The molecule has 2 fully saturated rings. The molecule has 1 amide bonds. The molecular weight excluding hydrogens is 540 g/mol. The van der Waals surface area contributed by atoms with Gasteiger partial charge >= 0.3 is 5.97 Å². The number of nitrogens with one attached hydrogen (secondary N) is 2. The van der Waals surface area contributed by atoms with Crippen molar-refractivity contribution >= 4 is 56.9 Å². The second-order valence-electron chi connectivity index (χ2n) is 11.8. The molecule has 3 aromatic heterocycles. The quantitative estimate of drug-likeness (QED) is 0.309. The molecule has 0 aromatic carbocycles. The van der Waals surface area contributed by atoms with Crippen molar-refractivity contribution < 1.29 is 14.3 Å². The summed E-state index contributed by atoms with van der Waals surface area (Å²) in [5.74, 6) is -0.0712. The molecule has 39 heavy (non-hydrogen) atoms. The van der Waals surface area contributed by atoms with E-state index in [1.54, 1.807) is 6.33 Å². The van der Waals surface area contributed by atoms with Crippen molar-refractivity contribution in [2.45, 2.75) is 89.4 Å². The lowest BCUT2D eigenvalue weighted by atomic mass is 9.81. The van der Waals surface area contributed by atoms with Gasteiger partial charge in [0.25, 0.3) is 0 Å². The van der Waals surface area contributed by atoms with Crippen LogP contribution in [0.2, 0.25) is 5.28 Å². The van der Waals surface area contributed by atoms with Gasteiger partial charge in [-0.3, -0.25) is 9.59 Å². The van der Waals surface area contributed by atoms with E-state index in [9.17, 15) is 9.59 Å². The molecule has 1 unspecified atom stereocenters. The molecule has 6 rings (SSSR count). The SMILES string of the molecule is CC(C)(C)OC(=O)C1C[C@H]2Cc3nc(NC(=O)C4CCC(n5cnc6c(N)nc(Cl)nc65)CC4)sc3[C@@H](C1)N2. The van der Waals surface area contributed by atoms with Gasteiger partial charge < -0.3 is 25.7 Å². The second kappa shape index (κ2) is 9.97. The Kier molecular flexibility index (Phi) is 6.75. The van der Waals surface area contributed by atoms with Crippen LogP contribution in [0.15, 0.2) is 6.33 Å². The summed E-state index contributed by atoms with van der Waals surface area (Å²) in [4.78, 5) is 44.5. The van der Waals surface area contributed by atoms with Gasteiger partial charge in [0.05, 0.1) is 17.9 Å². The zero-order chi connectivity index (χ0) is 27.5. The average molecular weight is 573 g/mol. The molecule has 208 valence electrons. The van der Waals surface area contributed by atoms with Crippen LogP contribution in [0.1, 0.15) is 82.0 Å². The van der Waals surface area contributed by atoms with E-state index in [1.807, 2.05) is 25.3 Å². The lowest BCUT2D eigenvalue weighted by Gasteiger charge is -2.39. The number of anilines is 2. The van der Waals surface area contributed by atoms with E-state index in [-0.39, 0.29) is 52.9 Å². The van der Waals surface area contributed by atoms with Crippen LogP contribution in [0.3, 0.4) is 0 Å². The Morgan fingerprint density at radius 1 is 1.15 bits per heavy atom. The summed E-state index contributed by atoms with van der Waals surface area (Å²) in [5, 5.41) is 7.46. The van der Waals surface area contributed by atoms with Crippen LogP contribution in [0.4, 0.5) is 10.9 Å². The number of esters is 1. The van der Waals surface area contributed by atoms with Crippen LogP contribution in [-0.4, -0.2) is 48.0 Å². The van der Waals surface area contributed by atoms with E-state index >= 15 is 0 Å². The molecule has 1 saturated heterocycles. The third-order valence-corrected chi connectivity index (χ3v) is 9.16. The number of thiazole rings is 1. The molecule has 0 spiro atoms. The number of hydrogen-bond acceptors (Lipinski definition) is 10. The van der Waals surface area contributed by atoms with Crippen molar-refractivity contribution in [2.75, 3.05) is 11.1 Å². The lowest BCUT2D eigenvalue weighted by Crippen LogP contribution is -2.47. The summed E-state index contributed by atoms with van der Waals surface area (Å²) in [6.45, 7) is 5.70. The largest absolute Gasteiger partial charge is 0.460 e. The maximum absolute atomic E-state index is 13.2. The summed E-state index contributed by atoms with van der Waals surface area (Å²) < 4.78 is 7.66. The van der Waals surface area contributed by atoms with Crippen LogP contribution in [0, 0.1) is 11.8 Å². The number of imidazole rings is 1. The molecule has 2 aliphatic heterocycles. The van der Waals surface area contributed by atoms with Crippen molar-refractivity contribution in [2.24, 2.45) is 11.8 Å². The number of hydrogen-bond donors (Lipinski definition) is 3. The molecule has 1 saturated carbocycles. The van der Waals surface area contributed by atoms with Crippen LogP contribution >= 0.6 is 22.9 Å². The lowest BCUT2D eigenvalue weighted by molar-refractivity contribution is -0.162. The van der Waals surface area contributed by atoms with Crippen LogP contribution in [0.5, 0.6) is 0 Å². The first-order valence-corrected chi connectivity index (χ1v) is 14.7. The number of ether oxygens (including phenoxy) is 1. The third kappa shape index (κ3) is 5.33. The molecule has 13 heteroatoms. The Morgan fingerprint density at radius 2 is 1.92 bits per heavy atom. The van der Waals surface area contributed by atoms with E-state index in [4.69, 9.17) is 27.1 Å². The van der Waals surface area contributed by atoms with E-state index in [2.05, 4.69) is 25.6 Å². The van der Waals surface area contributed by atoms with E-state index in [0.29, 0.717) is 22.7 Å². The molecule has 3 atom stereocenters. The topological polar surface area (TPSA) is 150 Å². The normalized spacial score (nSPS) is 26.7. The maximum Gasteiger partial charge on any atom is 0.309 e. The van der Waals surface area contributed by atoms with Gasteiger partial charge in [-0.25, -0.2) is 9.97 Å². The highest BCUT2D eigenvalue weighted by Crippen LogP contribution is 2.42. The van der Waals surface area contributed by atoms with E-state index in [1.165, 1.54) is 11.3 Å². The minimum Gasteiger partial charge on any atom is -0.460 e. The molecule has 5 heterocycles. The first kappa shape index (κ1) is 26.4. The Labute approximate surface area is 235 Å². The number of rotatable bonds is 4. The Bertz CT molecular complexity index is 1420. The summed E-state index contributed by atoms with van der Waals surface area (Å²) in [6.07, 6.45) is 7.04. The first-order valence-electron chi connectivity index (χ1n) is 13.5. The van der Waals surface area contributed by atoms with Gasteiger partial charge in [-0.2, -0.15) is 9.97 Å².